The van der Waals surface area contributed by atoms with Crippen LogP contribution in [0.3, 0.4) is 0 Å². The van der Waals surface area contributed by atoms with Crippen molar-refractivity contribution in [2.24, 2.45) is 0 Å². The molecule has 4 nitrogen and oxygen atoms in total. The molecule has 0 saturated heterocycles. The molecule has 0 aliphatic carbocycles. The normalized spacial score (nSPS) is 10.7. The van der Waals surface area contributed by atoms with Gasteiger partial charge in [-0.1, -0.05) is 22.0 Å². The fourth-order valence-electron chi connectivity index (χ4n) is 1.64. The number of pyridine rings is 1. The topological polar surface area (TPSA) is 48.4 Å². The van der Waals surface area contributed by atoms with Crippen molar-refractivity contribution < 1.29 is 14.3 Å². The van der Waals surface area contributed by atoms with E-state index in [-0.39, 0.29) is 19.0 Å². The number of ether oxygens (including phenoxy) is 2. The molecule has 0 spiro atoms. The van der Waals surface area contributed by atoms with E-state index in [2.05, 4.69) is 36.8 Å². The van der Waals surface area contributed by atoms with Gasteiger partial charge in [-0.3, -0.25) is 9.78 Å². The van der Waals surface area contributed by atoms with Crippen LogP contribution in [0.2, 0.25) is 0 Å². The molecule has 1 aromatic carbocycles. The maximum absolute atomic E-state index is 11.4. The number of fused-ring (bicyclic) bond motifs is 1. The molecule has 2 rings (SSSR count). The molecule has 0 N–H and O–H groups in total. The summed E-state index contributed by atoms with van der Waals surface area (Å²) in [4.78, 5) is 15.7. The molecule has 19 heavy (non-hydrogen) atoms. The molecule has 0 unspecified atom stereocenters. The highest BCUT2D eigenvalue weighted by atomic mass is 79.9. The van der Waals surface area contributed by atoms with Gasteiger partial charge in [0, 0.05) is 23.2 Å². The molecule has 2 aromatic rings. The average Bonchev–Trinajstić information content (AvgIpc) is 2.39. The van der Waals surface area contributed by atoms with Crippen molar-refractivity contribution in [3.63, 3.8) is 0 Å². The number of carbonyl (C=O) groups excluding carboxylic acids is 1. The van der Waals surface area contributed by atoms with Gasteiger partial charge in [-0.2, -0.15) is 0 Å². The Bertz CT molecular complexity index is 616. The molecule has 0 radical (unpaired) electrons. The summed E-state index contributed by atoms with van der Waals surface area (Å²) in [5.74, 6) is 0.435. The lowest BCUT2D eigenvalue weighted by molar-refractivity contribution is -0.124. The van der Waals surface area contributed by atoms with Crippen molar-refractivity contribution in [3.05, 3.63) is 33.3 Å². The van der Waals surface area contributed by atoms with Gasteiger partial charge in [-0.05, 0) is 28.1 Å². The number of Topliss-reactive ketones (excluding diaryl/α,β-unsaturated/α-hetero) is 1. The predicted molar refractivity (Wildman–Crippen MR) is 79.5 cm³/mol. The van der Waals surface area contributed by atoms with Gasteiger partial charge in [0.25, 0.3) is 0 Å². The van der Waals surface area contributed by atoms with Crippen LogP contribution >= 0.6 is 31.9 Å². The summed E-state index contributed by atoms with van der Waals surface area (Å²) >= 11 is 6.89. The second kappa shape index (κ2) is 6.45. The molecule has 1 heterocycles. The van der Waals surface area contributed by atoms with Gasteiger partial charge in [-0.15, -0.1) is 0 Å². The van der Waals surface area contributed by atoms with E-state index >= 15 is 0 Å². The fourth-order valence-corrected chi connectivity index (χ4v) is 3.03. The van der Waals surface area contributed by atoms with E-state index in [1.807, 2.05) is 18.2 Å². The summed E-state index contributed by atoms with van der Waals surface area (Å²) in [6.45, 7) is -0.000739. The van der Waals surface area contributed by atoms with Crippen molar-refractivity contribution in [1.82, 2.24) is 4.98 Å². The number of aromatic nitrogens is 1. The number of hydrogen-bond donors (Lipinski definition) is 0. The standard InChI is InChI=1S/C13H11Br2NO3/c1-18-6-8(17)7-19-13-11(15)5-10(14)9-3-2-4-16-12(9)13/h2-5H,6-7H2,1H3. The predicted octanol–water partition coefficient (Wildman–Crippen LogP) is 3.35. The maximum Gasteiger partial charge on any atom is 0.195 e. The average molecular weight is 389 g/mol. The van der Waals surface area contributed by atoms with E-state index in [1.54, 1.807) is 6.20 Å². The number of halogens is 2. The first-order chi connectivity index (χ1) is 9.13. The lowest BCUT2D eigenvalue weighted by Gasteiger charge is -2.11. The fraction of sp³-hybridized carbons (Fsp3) is 0.231. The number of methoxy groups -OCH3 is 1. The van der Waals surface area contributed by atoms with E-state index in [1.165, 1.54) is 7.11 Å². The summed E-state index contributed by atoms with van der Waals surface area (Å²) in [5.41, 5.74) is 0.703. The first kappa shape index (κ1) is 14.4. The number of nitrogens with zero attached hydrogens (tertiary/aromatic N) is 1. The summed E-state index contributed by atoms with van der Waals surface area (Å²) in [6, 6.07) is 5.66. The van der Waals surface area contributed by atoms with E-state index < -0.39 is 0 Å². The lowest BCUT2D eigenvalue weighted by Crippen LogP contribution is -2.16. The first-order valence-corrected chi connectivity index (χ1v) is 7.08. The molecule has 0 amide bonds. The Balaban J connectivity index is 2.34. The Morgan fingerprint density at radius 3 is 2.84 bits per heavy atom. The van der Waals surface area contributed by atoms with E-state index in [4.69, 9.17) is 9.47 Å². The third-order valence-electron chi connectivity index (χ3n) is 2.43. The van der Waals surface area contributed by atoms with Crippen molar-refractivity contribution in [3.8, 4) is 5.75 Å². The molecule has 0 aliphatic rings. The molecule has 1 aromatic heterocycles. The number of carbonyl (C=O) groups is 1. The zero-order valence-electron chi connectivity index (χ0n) is 10.2. The smallest absolute Gasteiger partial charge is 0.195 e. The third-order valence-corrected chi connectivity index (χ3v) is 3.68. The first-order valence-electron chi connectivity index (χ1n) is 5.49. The lowest BCUT2D eigenvalue weighted by atomic mass is 10.2. The van der Waals surface area contributed by atoms with Crippen molar-refractivity contribution in [2.75, 3.05) is 20.3 Å². The minimum atomic E-state index is -0.124. The van der Waals surface area contributed by atoms with Crippen LogP contribution in [0.5, 0.6) is 5.75 Å². The molecule has 0 aliphatic heterocycles. The molecule has 6 heteroatoms. The van der Waals surface area contributed by atoms with Crippen LogP contribution in [0.4, 0.5) is 0 Å². The Hall–Kier alpha value is -0.980. The number of rotatable bonds is 5. The van der Waals surface area contributed by atoms with Gasteiger partial charge < -0.3 is 9.47 Å². The Labute approximate surface area is 127 Å². The number of benzene rings is 1. The highest BCUT2D eigenvalue weighted by Crippen LogP contribution is 2.37. The third kappa shape index (κ3) is 3.32. The van der Waals surface area contributed by atoms with Gasteiger partial charge in [0.2, 0.25) is 0 Å². The van der Waals surface area contributed by atoms with E-state index in [0.29, 0.717) is 11.3 Å². The second-order valence-corrected chi connectivity index (χ2v) is 5.54. The van der Waals surface area contributed by atoms with Crippen LogP contribution in [0.1, 0.15) is 0 Å². The summed E-state index contributed by atoms with van der Waals surface area (Å²) in [5, 5.41) is 0.930. The van der Waals surface area contributed by atoms with Gasteiger partial charge >= 0.3 is 0 Å². The zero-order valence-corrected chi connectivity index (χ0v) is 13.3. The molecule has 0 fully saturated rings. The van der Waals surface area contributed by atoms with E-state index in [9.17, 15) is 4.79 Å². The van der Waals surface area contributed by atoms with Crippen LogP contribution in [-0.4, -0.2) is 31.1 Å². The zero-order chi connectivity index (χ0) is 13.8. The Morgan fingerprint density at radius 1 is 1.32 bits per heavy atom. The highest BCUT2D eigenvalue weighted by molar-refractivity contribution is 9.11. The van der Waals surface area contributed by atoms with Gasteiger partial charge in [-0.25, -0.2) is 0 Å². The Morgan fingerprint density at radius 2 is 2.11 bits per heavy atom. The monoisotopic (exact) mass is 387 g/mol. The van der Waals surface area contributed by atoms with E-state index in [0.717, 1.165) is 14.3 Å². The van der Waals surface area contributed by atoms with Crippen molar-refractivity contribution in [2.45, 2.75) is 0 Å². The van der Waals surface area contributed by atoms with Crippen LogP contribution in [0.25, 0.3) is 10.9 Å². The van der Waals surface area contributed by atoms with Crippen LogP contribution < -0.4 is 4.74 Å². The molecular formula is C13H11Br2NO3. The summed E-state index contributed by atoms with van der Waals surface area (Å²) in [7, 11) is 1.48. The minimum Gasteiger partial charge on any atom is -0.482 e. The molecular weight excluding hydrogens is 378 g/mol. The van der Waals surface area contributed by atoms with Crippen LogP contribution in [0.15, 0.2) is 33.3 Å². The molecule has 0 saturated carbocycles. The summed E-state index contributed by atoms with van der Waals surface area (Å²) in [6.07, 6.45) is 1.69. The summed E-state index contributed by atoms with van der Waals surface area (Å²) < 4.78 is 12.0. The quantitative estimate of drug-likeness (QED) is 0.787. The maximum atomic E-state index is 11.4. The van der Waals surface area contributed by atoms with Crippen LogP contribution in [0, 0.1) is 0 Å². The van der Waals surface area contributed by atoms with Crippen LogP contribution in [-0.2, 0) is 9.53 Å². The molecule has 0 bridgehead atoms. The second-order valence-electron chi connectivity index (χ2n) is 3.83. The largest absolute Gasteiger partial charge is 0.482 e. The highest BCUT2D eigenvalue weighted by Gasteiger charge is 2.13. The number of ketones is 1. The number of hydrogen-bond acceptors (Lipinski definition) is 4. The molecule has 100 valence electrons. The minimum absolute atomic E-state index is 0.0412. The van der Waals surface area contributed by atoms with Crippen molar-refractivity contribution >= 4 is 48.5 Å². The van der Waals surface area contributed by atoms with Gasteiger partial charge in [0.05, 0.1) is 4.47 Å². The van der Waals surface area contributed by atoms with Crippen molar-refractivity contribution in [1.29, 1.82) is 0 Å². The SMILES string of the molecule is COCC(=O)COc1c(Br)cc(Br)c2cccnc12. The Kier molecular flexibility index (Phi) is 4.90. The molecule has 0 atom stereocenters. The van der Waals surface area contributed by atoms with Gasteiger partial charge in [0.1, 0.15) is 18.7 Å². The van der Waals surface area contributed by atoms with Gasteiger partial charge in [0.15, 0.2) is 11.5 Å².